The van der Waals surface area contributed by atoms with Gasteiger partial charge >= 0.3 is 0 Å². The third-order valence-electron chi connectivity index (χ3n) is 4.52. The molecule has 0 radical (unpaired) electrons. The lowest BCUT2D eigenvalue weighted by Gasteiger charge is -2.15. The number of H-pyrrole nitrogens is 1. The Morgan fingerprint density at radius 3 is 2.33 bits per heavy atom. The van der Waals surface area contributed by atoms with Gasteiger partial charge < -0.3 is 10.3 Å². The van der Waals surface area contributed by atoms with E-state index in [9.17, 15) is 16.8 Å². The average molecular weight is 449 g/mol. The first-order valence-corrected chi connectivity index (χ1v) is 11.3. The van der Waals surface area contributed by atoms with E-state index in [4.69, 9.17) is 16.0 Å². The highest BCUT2D eigenvalue weighted by molar-refractivity contribution is 7.92. The number of tetrazole rings is 1. The van der Waals surface area contributed by atoms with E-state index in [-0.39, 0.29) is 22.9 Å². The number of nitrogens with two attached hydrogens (primary N) is 3. The zero-order valence-electron chi connectivity index (χ0n) is 15.3. The fourth-order valence-electron chi connectivity index (χ4n) is 3.23. The maximum absolute atomic E-state index is 12.5. The third-order valence-corrected chi connectivity index (χ3v) is 6.59. The van der Waals surface area contributed by atoms with Crippen LogP contribution in [0.2, 0.25) is 0 Å². The van der Waals surface area contributed by atoms with Crippen molar-refractivity contribution in [3.05, 3.63) is 30.3 Å². The number of aryl methyl sites for hydroxylation is 1. The number of para-hydroxylation sites is 1. The summed E-state index contributed by atoms with van der Waals surface area (Å²) in [4.78, 5) is 2.89. The van der Waals surface area contributed by atoms with Crippen molar-refractivity contribution < 1.29 is 16.8 Å². The molecule has 2 aromatic carbocycles. The van der Waals surface area contributed by atoms with Crippen LogP contribution in [-0.4, -0.2) is 47.0 Å². The van der Waals surface area contributed by atoms with Gasteiger partial charge in [0.15, 0.2) is 0 Å². The monoisotopic (exact) mass is 449 g/mol. The number of anilines is 1. The number of primary sulfonamides is 2. The molecule has 0 aliphatic heterocycles. The number of nitrogens with zero attached hydrogens (tertiary/aromatic N) is 5. The standard InChI is InChI=1S/C15H15N9O4S2/c1-24-9-4-2-3-8(12(9)19-15(24)16)7-5-6-10(29(17,25)26)13(30(18,27)28)11(7)14-20-22-23-21-14/h2-6H,1H3,(H2,16,19)(H2,17,25,26)(H2,18,27,28)(H,20,21,22,23). The van der Waals surface area contributed by atoms with Crippen molar-refractivity contribution in [2.75, 3.05) is 5.73 Å². The SMILES string of the molecule is Cn1c(N)nc2c(-c3ccc(S(N)(=O)=O)c(S(N)(=O)=O)c3-c3nn[nH]n3)cccc21. The molecule has 0 bridgehead atoms. The van der Waals surface area contributed by atoms with E-state index in [1.54, 1.807) is 29.8 Å². The number of aromatic amines is 1. The normalized spacial score (nSPS) is 12.5. The number of hydrogen-bond donors (Lipinski definition) is 4. The number of nitrogens with one attached hydrogen (secondary N) is 1. The lowest BCUT2D eigenvalue weighted by Crippen LogP contribution is -2.22. The first-order chi connectivity index (χ1) is 14.0. The molecule has 0 saturated carbocycles. The summed E-state index contributed by atoms with van der Waals surface area (Å²) >= 11 is 0. The fraction of sp³-hybridized carbons (Fsp3) is 0.0667. The van der Waals surface area contributed by atoms with Gasteiger partial charge in [-0.25, -0.2) is 32.1 Å². The zero-order valence-corrected chi connectivity index (χ0v) is 16.9. The van der Waals surface area contributed by atoms with E-state index >= 15 is 0 Å². The van der Waals surface area contributed by atoms with Gasteiger partial charge in [0.25, 0.3) is 0 Å². The smallest absolute Gasteiger partial charge is 0.240 e. The molecule has 0 fully saturated rings. The van der Waals surface area contributed by atoms with E-state index < -0.39 is 29.8 Å². The molecule has 15 heteroatoms. The number of nitrogen functional groups attached to an aromatic ring is 1. The van der Waals surface area contributed by atoms with Gasteiger partial charge in [0.05, 0.1) is 16.6 Å². The second-order valence-corrected chi connectivity index (χ2v) is 9.37. The maximum atomic E-state index is 12.5. The van der Waals surface area contributed by atoms with Gasteiger partial charge in [0, 0.05) is 12.6 Å². The second-order valence-electron chi connectivity index (χ2n) is 6.34. The van der Waals surface area contributed by atoms with Gasteiger partial charge in [-0.3, -0.25) is 0 Å². The van der Waals surface area contributed by atoms with Gasteiger partial charge in [-0.2, -0.15) is 5.21 Å². The summed E-state index contributed by atoms with van der Waals surface area (Å²) < 4.78 is 50.7. The fourth-order valence-corrected chi connectivity index (χ4v) is 5.38. The molecule has 13 nitrogen and oxygen atoms in total. The first kappa shape index (κ1) is 19.9. The summed E-state index contributed by atoms with van der Waals surface area (Å²) in [5, 5.41) is 23.9. The van der Waals surface area contributed by atoms with Crippen molar-refractivity contribution in [2.45, 2.75) is 9.79 Å². The van der Waals surface area contributed by atoms with E-state index in [1.165, 1.54) is 6.07 Å². The molecule has 156 valence electrons. The van der Waals surface area contributed by atoms with Crippen LogP contribution in [0.1, 0.15) is 0 Å². The Labute approximate surface area is 170 Å². The summed E-state index contributed by atoms with van der Waals surface area (Å²) in [7, 11) is -7.33. The molecule has 0 saturated heterocycles. The van der Waals surface area contributed by atoms with Crippen LogP contribution in [0.15, 0.2) is 40.1 Å². The van der Waals surface area contributed by atoms with E-state index in [2.05, 4.69) is 25.6 Å². The summed E-state index contributed by atoms with van der Waals surface area (Å²) in [5.41, 5.74) is 7.54. The molecule has 0 amide bonds. The molecule has 2 heterocycles. The Hall–Kier alpha value is -3.40. The topological polar surface area (TPSA) is 219 Å². The maximum Gasteiger partial charge on any atom is 0.240 e. The number of benzene rings is 2. The van der Waals surface area contributed by atoms with E-state index in [0.717, 1.165) is 6.07 Å². The van der Waals surface area contributed by atoms with Crippen LogP contribution in [-0.2, 0) is 27.1 Å². The zero-order chi connectivity index (χ0) is 21.8. The van der Waals surface area contributed by atoms with Crippen LogP contribution in [0.25, 0.3) is 33.5 Å². The first-order valence-electron chi connectivity index (χ1n) is 8.18. The van der Waals surface area contributed by atoms with Crippen molar-refractivity contribution in [3.8, 4) is 22.5 Å². The largest absolute Gasteiger partial charge is 0.369 e. The number of rotatable bonds is 4. The van der Waals surface area contributed by atoms with Gasteiger partial charge in [-0.05, 0) is 22.9 Å². The highest BCUT2D eigenvalue weighted by Crippen LogP contribution is 2.40. The average Bonchev–Trinajstić information content (AvgIpc) is 3.28. The summed E-state index contributed by atoms with van der Waals surface area (Å²) in [6, 6.07) is 7.58. The number of imidazole rings is 1. The number of fused-ring (bicyclic) bond motifs is 1. The Balaban J connectivity index is 2.23. The molecular weight excluding hydrogens is 434 g/mol. The molecule has 0 unspecified atom stereocenters. The molecule has 0 spiro atoms. The third kappa shape index (κ3) is 3.09. The van der Waals surface area contributed by atoms with Crippen LogP contribution in [0.3, 0.4) is 0 Å². The summed E-state index contributed by atoms with van der Waals surface area (Å²) in [6.45, 7) is 0. The molecular formula is C15H15N9O4S2. The summed E-state index contributed by atoms with van der Waals surface area (Å²) in [5.74, 6) is 0.0341. The van der Waals surface area contributed by atoms with Crippen LogP contribution in [0, 0.1) is 0 Å². The molecule has 4 aromatic rings. The van der Waals surface area contributed by atoms with Gasteiger partial charge in [0.2, 0.25) is 31.8 Å². The minimum absolute atomic E-state index is 0.186. The molecule has 30 heavy (non-hydrogen) atoms. The van der Waals surface area contributed by atoms with E-state index in [1.807, 2.05) is 0 Å². The lowest BCUT2D eigenvalue weighted by atomic mass is 9.98. The Bertz CT molecular complexity index is 1510. The lowest BCUT2D eigenvalue weighted by molar-refractivity contribution is 0.584. The van der Waals surface area contributed by atoms with Gasteiger partial charge in [-0.1, -0.05) is 18.2 Å². The number of sulfonamides is 2. The quantitative estimate of drug-likeness (QED) is 0.309. The Morgan fingerprint density at radius 1 is 1.00 bits per heavy atom. The van der Waals surface area contributed by atoms with Gasteiger partial charge in [0.1, 0.15) is 9.79 Å². The van der Waals surface area contributed by atoms with Crippen molar-refractivity contribution in [1.82, 2.24) is 30.2 Å². The highest BCUT2D eigenvalue weighted by atomic mass is 32.2. The predicted octanol–water partition coefficient (Wildman–Crippen LogP) is -0.703. The van der Waals surface area contributed by atoms with Crippen LogP contribution in [0.5, 0.6) is 0 Å². The summed E-state index contributed by atoms with van der Waals surface area (Å²) in [6.07, 6.45) is 0. The molecule has 4 rings (SSSR count). The minimum Gasteiger partial charge on any atom is -0.369 e. The van der Waals surface area contributed by atoms with Crippen molar-refractivity contribution >= 4 is 37.0 Å². The van der Waals surface area contributed by atoms with Crippen molar-refractivity contribution in [2.24, 2.45) is 17.3 Å². The number of aromatic nitrogens is 6. The second kappa shape index (κ2) is 6.56. The molecule has 0 atom stereocenters. The van der Waals surface area contributed by atoms with Crippen molar-refractivity contribution in [3.63, 3.8) is 0 Å². The van der Waals surface area contributed by atoms with Crippen LogP contribution >= 0.6 is 0 Å². The predicted molar refractivity (Wildman–Crippen MR) is 106 cm³/mol. The van der Waals surface area contributed by atoms with Gasteiger partial charge in [-0.15, -0.1) is 10.2 Å². The molecule has 0 aliphatic rings. The molecule has 7 N–H and O–H groups in total. The Morgan fingerprint density at radius 2 is 1.73 bits per heavy atom. The minimum atomic E-state index is -4.59. The highest BCUT2D eigenvalue weighted by Gasteiger charge is 2.31. The number of hydrogen-bond acceptors (Lipinski definition) is 9. The van der Waals surface area contributed by atoms with E-state index in [0.29, 0.717) is 16.6 Å². The van der Waals surface area contributed by atoms with Crippen molar-refractivity contribution in [1.29, 1.82) is 0 Å². The van der Waals surface area contributed by atoms with Crippen LogP contribution < -0.4 is 16.0 Å². The molecule has 2 aromatic heterocycles. The van der Waals surface area contributed by atoms with Crippen LogP contribution in [0.4, 0.5) is 5.95 Å². The Kier molecular flexibility index (Phi) is 4.35. The molecule has 0 aliphatic carbocycles.